The number of rotatable bonds is 5. The highest BCUT2D eigenvalue weighted by molar-refractivity contribution is 5.74. The third kappa shape index (κ3) is 4.18. The number of anilines is 1. The molecular weight excluding hydrogens is 294 g/mol. The topological polar surface area (TPSA) is 79.2 Å². The van der Waals surface area contributed by atoms with Crippen LogP contribution >= 0.6 is 0 Å². The molecule has 1 fully saturated rings. The highest BCUT2D eigenvalue weighted by atomic mass is 16.2. The number of urea groups is 1. The first-order chi connectivity index (χ1) is 11.3. The number of hydrogen-bond donors (Lipinski definition) is 1. The second kappa shape index (κ2) is 7.57. The van der Waals surface area contributed by atoms with E-state index in [-0.39, 0.29) is 6.03 Å². The molecule has 2 amide bonds. The molecule has 122 valence electrons. The molecule has 0 atom stereocenters. The van der Waals surface area contributed by atoms with E-state index in [2.05, 4.69) is 25.3 Å². The SMILES string of the molecule is O=C(NCCCn1cccn1)N1CCN(c2cnccn2)CC1. The zero-order valence-electron chi connectivity index (χ0n) is 13.0. The van der Waals surface area contributed by atoms with Crippen LogP contribution < -0.4 is 10.2 Å². The summed E-state index contributed by atoms with van der Waals surface area (Å²) in [7, 11) is 0. The number of aromatic nitrogens is 4. The fourth-order valence-electron chi connectivity index (χ4n) is 2.57. The Kier molecular flexibility index (Phi) is 5.02. The molecule has 2 aromatic heterocycles. The van der Waals surface area contributed by atoms with E-state index in [4.69, 9.17) is 0 Å². The summed E-state index contributed by atoms with van der Waals surface area (Å²) in [5.74, 6) is 0.867. The number of hydrogen-bond acceptors (Lipinski definition) is 5. The molecule has 3 heterocycles. The van der Waals surface area contributed by atoms with E-state index in [0.29, 0.717) is 19.6 Å². The van der Waals surface area contributed by atoms with Crippen molar-refractivity contribution in [2.75, 3.05) is 37.6 Å². The lowest BCUT2D eigenvalue weighted by Gasteiger charge is -2.35. The molecule has 2 aromatic rings. The Hall–Kier alpha value is -2.64. The predicted molar refractivity (Wildman–Crippen MR) is 86.1 cm³/mol. The van der Waals surface area contributed by atoms with Gasteiger partial charge in [0.15, 0.2) is 0 Å². The fraction of sp³-hybridized carbons (Fsp3) is 0.467. The summed E-state index contributed by atoms with van der Waals surface area (Å²) in [6.07, 6.45) is 9.66. The first-order valence-electron chi connectivity index (χ1n) is 7.84. The zero-order chi connectivity index (χ0) is 15.9. The number of carbonyl (C=O) groups is 1. The van der Waals surface area contributed by atoms with Gasteiger partial charge in [-0.3, -0.25) is 9.67 Å². The van der Waals surface area contributed by atoms with E-state index in [1.807, 2.05) is 21.8 Å². The van der Waals surface area contributed by atoms with E-state index < -0.39 is 0 Å². The maximum atomic E-state index is 12.1. The molecule has 0 bridgehead atoms. The summed E-state index contributed by atoms with van der Waals surface area (Å²) in [5, 5.41) is 7.11. The predicted octanol–water partition coefficient (Wildman–Crippen LogP) is 0.595. The molecular formula is C15H21N7O. The summed E-state index contributed by atoms with van der Waals surface area (Å²) in [6.45, 7) is 4.42. The van der Waals surface area contributed by atoms with Gasteiger partial charge in [0.25, 0.3) is 0 Å². The highest BCUT2D eigenvalue weighted by Crippen LogP contribution is 2.11. The van der Waals surface area contributed by atoms with Crippen LogP contribution in [0.15, 0.2) is 37.1 Å². The van der Waals surface area contributed by atoms with E-state index in [9.17, 15) is 4.79 Å². The van der Waals surface area contributed by atoms with Crippen LogP contribution in [0.3, 0.4) is 0 Å². The molecule has 8 nitrogen and oxygen atoms in total. The minimum atomic E-state index is 0.00395. The Morgan fingerprint density at radius 2 is 2.04 bits per heavy atom. The molecule has 0 aliphatic carbocycles. The number of carbonyl (C=O) groups excluding carboxylic acids is 1. The first kappa shape index (κ1) is 15.3. The maximum absolute atomic E-state index is 12.1. The van der Waals surface area contributed by atoms with Gasteiger partial charge in [-0.1, -0.05) is 0 Å². The molecule has 1 N–H and O–H groups in total. The van der Waals surface area contributed by atoms with Crippen LogP contribution in [-0.2, 0) is 6.54 Å². The second-order valence-corrected chi connectivity index (χ2v) is 5.39. The Bertz CT molecular complexity index is 594. The molecule has 0 unspecified atom stereocenters. The van der Waals surface area contributed by atoms with Gasteiger partial charge in [0.1, 0.15) is 5.82 Å². The standard InChI is InChI=1S/C15H21N7O/c23-15(18-3-1-7-22-8-2-4-19-22)21-11-9-20(10-12-21)14-13-16-5-6-17-14/h2,4-6,8,13H,1,3,7,9-12H2,(H,18,23). The van der Waals surface area contributed by atoms with E-state index in [1.165, 1.54) is 0 Å². The molecule has 0 spiro atoms. The van der Waals surface area contributed by atoms with Crippen molar-refractivity contribution in [3.8, 4) is 0 Å². The molecule has 23 heavy (non-hydrogen) atoms. The van der Waals surface area contributed by atoms with Gasteiger partial charge in [-0.15, -0.1) is 0 Å². The summed E-state index contributed by atoms with van der Waals surface area (Å²) in [6, 6.07) is 1.90. The summed E-state index contributed by atoms with van der Waals surface area (Å²) in [5.41, 5.74) is 0. The third-order valence-electron chi connectivity index (χ3n) is 3.84. The number of aryl methyl sites for hydroxylation is 1. The number of nitrogens with one attached hydrogen (secondary N) is 1. The van der Waals surface area contributed by atoms with Crippen molar-refractivity contribution in [1.29, 1.82) is 0 Å². The van der Waals surface area contributed by atoms with Crippen LogP contribution in [0, 0.1) is 0 Å². The Morgan fingerprint density at radius 3 is 2.74 bits per heavy atom. The van der Waals surface area contributed by atoms with Crippen molar-refractivity contribution in [2.24, 2.45) is 0 Å². The molecule has 8 heteroatoms. The summed E-state index contributed by atoms with van der Waals surface area (Å²) >= 11 is 0. The van der Waals surface area contributed by atoms with Crippen molar-refractivity contribution in [2.45, 2.75) is 13.0 Å². The van der Waals surface area contributed by atoms with Gasteiger partial charge >= 0.3 is 6.03 Å². The van der Waals surface area contributed by atoms with E-state index >= 15 is 0 Å². The molecule has 0 radical (unpaired) electrons. The Labute approximate surface area is 135 Å². The Morgan fingerprint density at radius 1 is 1.17 bits per heavy atom. The molecule has 1 saturated heterocycles. The highest BCUT2D eigenvalue weighted by Gasteiger charge is 2.21. The monoisotopic (exact) mass is 315 g/mol. The first-order valence-corrected chi connectivity index (χ1v) is 7.84. The third-order valence-corrected chi connectivity index (χ3v) is 3.84. The molecule has 0 aromatic carbocycles. The van der Waals surface area contributed by atoms with Crippen LogP contribution in [0.5, 0.6) is 0 Å². The average molecular weight is 315 g/mol. The quantitative estimate of drug-likeness (QED) is 0.817. The lowest BCUT2D eigenvalue weighted by molar-refractivity contribution is 0.194. The minimum absolute atomic E-state index is 0.00395. The van der Waals surface area contributed by atoms with Crippen molar-refractivity contribution < 1.29 is 4.79 Å². The van der Waals surface area contributed by atoms with E-state index in [1.54, 1.807) is 24.8 Å². The smallest absolute Gasteiger partial charge is 0.317 e. The molecule has 1 aliphatic heterocycles. The van der Waals surface area contributed by atoms with Crippen molar-refractivity contribution >= 4 is 11.8 Å². The van der Waals surface area contributed by atoms with Gasteiger partial charge in [0, 0.05) is 64.1 Å². The normalized spacial score (nSPS) is 14.8. The van der Waals surface area contributed by atoms with Crippen molar-refractivity contribution in [1.82, 2.24) is 30.0 Å². The van der Waals surface area contributed by atoms with Gasteiger partial charge in [0.05, 0.1) is 6.20 Å². The number of piperazine rings is 1. The second-order valence-electron chi connectivity index (χ2n) is 5.39. The largest absolute Gasteiger partial charge is 0.352 e. The maximum Gasteiger partial charge on any atom is 0.317 e. The zero-order valence-corrected chi connectivity index (χ0v) is 13.0. The summed E-state index contributed by atoms with van der Waals surface area (Å²) in [4.78, 5) is 24.5. The van der Waals surface area contributed by atoms with Gasteiger partial charge in [0.2, 0.25) is 0 Å². The fourth-order valence-corrected chi connectivity index (χ4v) is 2.57. The molecule has 0 saturated carbocycles. The van der Waals surface area contributed by atoms with Gasteiger partial charge in [-0.2, -0.15) is 5.10 Å². The lowest BCUT2D eigenvalue weighted by Crippen LogP contribution is -2.52. The number of amides is 2. The van der Waals surface area contributed by atoms with Gasteiger partial charge < -0.3 is 15.1 Å². The minimum Gasteiger partial charge on any atom is -0.352 e. The average Bonchev–Trinajstić information content (AvgIpc) is 3.13. The van der Waals surface area contributed by atoms with Gasteiger partial charge in [-0.25, -0.2) is 9.78 Å². The van der Waals surface area contributed by atoms with Crippen LogP contribution in [0.25, 0.3) is 0 Å². The van der Waals surface area contributed by atoms with Crippen LogP contribution in [0.2, 0.25) is 0 Å². The van der Waals surface area contributed by atoms with Crippen LogP contribution in [0.4, 0.5) is 10.6 Å². The van der Waals surface area contributed by atoms with Crippen molar-refractivity contribution in [3.63, 3.8) is 0 Å². The van der Waals surface area contributed by atoms with E-state index in [0.717, 1.165) is 31.9 Å². The van der Waals surface area contributed by atoms with Crippen molar-refractivity contribution in [3.05, 3.63) is 37.1 Å². The number of nitrogens with zero attached hydrogens (tertiary/aromatic N) is 6. The molecule has 1 aliphatic rings. The van der Waals surface area contributed by atoms with Gasteiger partial charge in [-0.05, 0) is 12.5 Å². The molecule has 3 rings (SSSR count). The lowest BCUT2D eigenvalue weighted by atomic mass is 10.3. The summed E-state index contributed by atoms with van der Waals surface area (Å²) < 4.78 is 1.87. The van der Waals surface area contributed by atoms with Crippen LogP contribution in [0.1, 0.15) is 6.42 Å². The van der Waals surface area contributed by atoms with Crippen LogP contribution in [-0.4, -0.2) is 63.4 Å². The Balaban J connectivity index is 1.36.